The van der Waals surface area contributed by atoms with E-state index in [0.29, 0.717) is 22.8 Å². The molecule has 0 spiro atoms. The van der Waals surface area contributed by atoms with Gasteiger partial charge in [-0.15, -0.1) is 0 Å². The van der Waals surface area contributed by atoms with Gasteiger partial charge in [0, 0.05) is 5.39 Å². The van der Waals surface area contributed by atoms with Crippen molar-refractivity contribution in [2.45, 2.75) is 6.92 Å². The molecule has 3 aromatic heterocycles. The predicted molar refractivity (Wildman–Crippen MR) is 83.9 cm³/mol. The second-order valence-corrected chi connectivity index (χ2v) is 5.96. The lowest BCUT2D eigenvalue weighted by molar-refractivity contribution is 0.354. The van der Waals surface area contributed by atoms with Crippen molar-refractivity contribution in [3.05, 3.63) is 29.4 Å². The summed E-state index contributed by atoms with van der Waals surface area (Å²) in [6.45, 7) is 1.96. The lowest BCUT2D eigenvalue weighted by Gasteiger charge is -2.06. The average molecular weight is 315 g/mol. The Labute approximate surface area is 129 Å². The number of hydrogen-bond acceptors (Lipinski definition) is 6. The average Bonchev–Trinajstić information content (AvgIpc) is 3.17. The summed E-state index contributed by atoms with van der Waals surface area (Å²) in [7, 11) is 3.20. The zero-order chi connectivity index (χ0) is 15.3. The van der Waals surface area contributed by atoms with Crippen LogP contribution in [0.25, 0.3) is 27.4 Å². The fourth-order valence-corrected chi connectivity index (χ4v) is 3.18. The number of ether oxygens (including phenoxy) is 2. The number of aryl methyl sites for hydroxylation is 1. The van der Waals surface area contributed by atoms with E-state index in [9.17, 15) is 0 Å². The first-order valence-corrected chi connectivity index (χ1v) is 7.49. The molecule has 4 rings (SSSR count). The first-order valence-electron chi connectivity index (χ1n) is 6.67. The molecule has 22 heavy (non-hydrogen) atoms. The van der Waals surface area contributed by atoms with Crippen LogP contribution >= 0.6 is 11.3 Å². The Kier molecular flexibility index (Phi) is 2.83. The SMILES string of the molecule is COc1ccc2cc(-c3cn4nc(C)sc4n3)oc2c1OC. The van der Waals surface area contributed by atoms with Gasteiger partial charge >= 0.3 is 0 Å². The number of methoxy groups -OCH3 is 2. The van der Waals surface area contributed by atoms with Gasteiger partial charge in [0.2, 0.25) is 10.7 Å². The minimum Gasteiger partial charge on any atom is -0.493 e. The van der Waals surface area contributed by atoms with Gasteiger partial charge in [-0.1, -0.05) is 11.3 Å². The summed E-state index contributed by atoms with van der Waals surface area (Å²) in [4.78, 5) is 5.40. The highest BCUT2D eigenvalue weighted by Gasteiger charge is 2.17. The lowest BCUT2D eigenvalue weighted by Crippen LogP contribution is -1.89. The summed E-state index contributed by atoms with van der Waals surface area (Å²) in [5.74, 6) is 1.90. The molecule has 0 amide bonds. The van der Waals surface area contributed by atoms with Gasteiger partial charge in [-0.25, -0.2) is 9.50 Å². The van der Waals surface area contributed by atoms with Crippen molar-refractivity contribution in [3.63, 3.8) is 0 Å². The van der Waals surface area contributed by atoms with Crippen molar-refractivity contribution < 1.29 is 13.9 Å². The molecule has 112 valence electrons. The molecule has 0 aliphatic carbocycles. The Morgan fingerprint density at radius 3 is 2.82 bits per heavy atom. The molecule has 1 aromatic carbocycles. The highest BCUT2D eigenvalue weighted by molar-refractivity contribution is 7.16. The predicted octanol–water partition coefficient (Wildman–Crippen LogP) is 3.53. The van der Waals surface area contributed by atoms with Crippen LogP contribution < -0.4 is 9.47 Å². The molecule has 0 fully saturated rings. The summed E-state index contributed by atoms with van der Waals surface area (Å²) in [5, 5.41) is 6.28. The van der Waals surface area contributed by atoms with E-state index < -0.39 is 0 Å². The first kappa shape index (κ1) is 13.1. The van der Waals surface area contributed by atoms with Crippen molar-refractivity contribution in [1.29, 1.82) is 0 Å². The lowest BCUT2D eigenvalue weighted by atomic mass is 10.2. The summed E-state index contributed by atoms with van der Waals surface area (Å²) >= 11 is 1.54. The molecule has 0 saturated carbocycles. The molecule has 0 radical (unpaired) electrons. The van der Waals surface area contributed by atoms with Gasteiger partial charge in [-0.2, -0.15) is 5.10 Å². The second-order valence-electron chi connectivity index (χ2n) is 4.80. The molecular formula is C15H13N3O3S. The number of imidazole rings is 1. The van der Waals surface area contributed by atoms with E-state index >= 15 is 0 Å². The van der Waals surface area contributed by atoms with Gasteiger partial charge < -0.3 is 13.9 Å². The van der Waals surface area contributed by atoms with Crippen LogP contribution in [0.15, 0.2) is 28.8 Å². The number of furan rings is 1. The number of fused-ring (bicyclic) bond motifs is 2. The summed E-state index contributed by atoms with van der Waals surface area (Å²) in [6, 6.07) is 5.73. The third-order valence-electron chi connectivity index (χ3n) is 3.43. The molecule has 7 heteroatoms. The summed E-state index contributed by atoms with van der Waals surface area (Å²) < 4.78 is 18.4. The number of aromatic nitrogens is 3. The Morgan fingerprint density at radius 1 is 1.23 bits per heavy atom. The molecular weight excluding hydrogens is 302 g/mol. The molecule has 0 atom stereocenters. The minimum absolute atomic E-state index is 0.584. The topological polar surface area (TPSA) is 61.8 Å². The van der Waals surface area contributed by atoms with E-state index in [1.807, 2.05) is 31.3 Å². The largest absolute Gasteiger partial charge is 0.493 e. The molecule has 0 N–H and O–H groups in total. The molecule has 0 unspecified atom stereocenters. The Bertz CT molecular complexity index is 951. The minimum atomic E-state index is 0.584. The second kappa shape index (κ2) is 4.74. The monoisotopic (exact) mass is 315 g/mol. The van der Waals surface area contributed by atoms with Gasteiger partial charge in [-0.3, -0.25) is 0 Å². The third kappa shape index (κ3) is 1.86. The van der Waals surface area contributed by atoms with Crippen LogP contribution in [0.3, 0.4) is 0 Å². The van der Waals surface area contributed by atoms with Gasteiger partial charge in [0.1, 0.15) is 10.7 Å². The van der Waals surface area contributed by atoms with Gasteiger partial charge in [0.15, 0.2) is 17.1 Å². The van der Waals surface area contributed by atoms with Crippen molar-refractivity contribution >= 4 is 27.3 Å². The fourth-order valence-electron chi connectivity index (χ4n) is 2.46. The molecule has 3 heterocycles. The van der Waals surface area contributed by atoms with E-state index in [2.05, 4.69) is 10.1 Å². The van der Waals surface area contributed by atoms with E-state index in [1.165, 1.54) is 0 Å². The van der Waals surface area contributed by atoms with Crippen LogP contribution in [0.5, 0.6) is 11.5 Å². The van der Waals surface area contributed by atoms with Crippen LogP contribution in [-0.4, -0.2) is 28.8 Å². The zero-order valence-corrected chi connectivity index (χ0v) is 13.1. The number of nitrogens with zero attached hydrogens (tertiary/aromatic N) is 3. The summed E-state index contributed by atoms with van der Waals surface area (Å²) in [6.07, 6.45) is 1.86. The molecule has 0 aliphatic rings. The van der Waals surface area contributed by atoms with Crippen molar-refractivity contribution in [2.24, 2.45) is 0 Å². The van der Waals surface area contributed by atoms with E-state index in [-0.39, 0.29) is 0 Å². The number of benzene rings is 1. The Balaban J connectivity index is 1.89. The maximum absolute atomic E-state index is 5.94. The smallest absolute Gasteiger partial charge is 0.212 e. The maximum Gasteiger partial charge on any atom is 0.212 e. The van der Waals surface area contributed by atoms with Crippen LogP contribution in [-0.2, 0) is 0 Å². The Hall–Kier alpha value is -2.54. The Morgan fingerprint density at radius 2 is 2.09 bits per heavy atom. The van der Waals surface area contributed by atoms with Crippen LogP contribution in [0, 0.1) is 6.92 Å². The fraction of sp³-hybridized carbons (Fsp3) is 0.200. The number of rotatable bonds is 3. The third-order valence-corrected chi connectivity index (χ3v) is 4.26. The van der Waals surface area contributed by atoms with E-state index in [4.69, 9.17) is 13.9 Å². The van der Waals surface area contributed by atoms with Crippen molar-refractivity contribution in [2.75, 3.05) is 14.2 Å². The molecule has 0 bridgehead atoms. The molecule has 6 nitrogen and oxygen atoms in total. The number of hydrogen-bond donors (Lipinski definition) is 0. The zero-order valence-electron chi connectivity index (χ0n) is 12.3. The molecule has 0 aliphatic heterocycles. The first-order chi connectivity index (χ1) is 10.7. The normalized spacial score (nSPS) is 11.4. The van der Waals surface area contributed by atoms with Gasteiger partial charge in [0.25, 0.3) is 0 Å². The van der Waals surface area contributed by atoms with Crippen molar-refractivity contribution in [3.8, 4) is 23.0 Å². The van der Waals surface area contributed by atoms with Gasteiger partial charge in [0.05, 0.1) is 20.4 Å². The van der Waals surface area contributed by atoms with Crippen molar-refractivity contribution in [1.82, 2.24) is 14.6 Å². The van der Waals surface area contributed by atoms with Crippen LogP contribution in [0.2, 0.25) is 0 Å². The summed E-state index contributed by atoms with van der Waals surface area (Å²) in [5.41, 5.74) is 1.40. The quantitative estimate of drug-likeness (QED) is 0.579. The van der Waals surface area contributed by atoms with Crippen LogP contribution in [0.4, 0.5) is 0 Å². The highest BCUT2D eigenvalue weighted by Crippen LogP contribution is 2.39. The van der Waals surface area contributed by atoms with E-state index in [1.54, 1.807) is 30.1 Å². The maximum atomic E-state index is 5.94. The van der Waals surface area contributed by atoms with E-state index in [0.717, 1.165) is 21.0 Å². The van der Waals surface area contributed by atoms with Crippen LogP contribution in [0.1, 0.15) is 5.01 Å². The standard InChI is InChI=1S/C15H13N3O3S/c1-8-17-18-7-10(16-15(18)22-8)12-6-9-4-5-11(19-2)14(20-3)13(9)21-12/h4-7H,1-3H3. The molecule has 0 saturated heterocycles. The van der Waals surface area contributed by atoms with Gasteiger partial charge in [-0.05, 0) is 25.1 Å². The molecule has 4 aromatic rings. The highest BCUT2D eigenvalue weighted by atomic mass is 32.1.